The molecule has 128 valence electrons. The quantitative estimate of drug-likeness (QED) is 0.754. The number of aliphatic imine (C=N–C) groups is 1. The fourth-order valence-corrected chi connectivity index (χ4v) is 3.33. The molecule has 4 rings (SSSR count). The van der Waals surface area contributed by atoms with Crippen molar-refractivity contribution in [3.8, 4) is 0 Å². The second kappa shape index (κ2) is 6.29. The van der Waals surface area contributed by atoms with Crippen LogP contribution in [-0.2, 0) is 0 Å². The van der Waals surface area contributed by atoms with E-state index in [0.29, 0.717) is 31.2 Å². The molecule has 1 saturated heterocycles. The lowest BCUT2D eigenvalue weighted by Gasteiger charge is -2.35. The SMILES string of the molecule is O=C(O)N1CCN(C2=Nc3cc(Cl)ccc3Nc3ccccc32)CC1. The van der Waals surface area contributed by atoms with E-state index in [-0.39, 0.29) is 0 Å². The number of nitrogens with zero attached hydrogens (tertiary/aromatic N) is 3. The van der Waals surface area contributed by atoms with E-state index in [4.69, 9.17) is 21.7 Å². The number of anilines is 2. The molecule has 2 heterocycles. The maximum Gasteiger partial charge on any atom is 0.407 e. The highest BCUT2D eigenvalue weighted by Crippen LogP contribution is 2.36. The standard InChI is InChI=1S/C18H17ClN4O2/c19-12-5-6-15-16(11-12)21-17(13-3-1-2-4-14(13)20-15)22-7-9-23(10-8-22)18(24)25/h1-6,11,20H,7-10H2,(H,24,25). The Balaban J connectivity index is 1.75. The van der Waals surface area contributed by atoms with Crippen LogP contribution in [0.3, 0.4) is 0 Å². The summed E-state index contributed by atoms with van der Waals surface area (Å²) in [7, 11) is 0. The van der Waals surface area contributed by atoms with Crippen molar-refractivity contribution in [3.05, 3.63) is 53.1 Å². The molecule has 0 saturated carbocycles. The lowest BCUT2D eigenvalue weighted by molar-refractivity contribution is 0.124. The Bertz CT molecular complexity index is 860. The largest absolute Gasteiger partial charge is 0.465 e. The van der Waals surface area contributed by atoms with E-state index in [9.17, 15) is 4.79 Å². The van der Waals surface area contributed by atoms with Gasteiger partial charge in [0.05, 0.1) is 11.4 Å². The summed E-state index contributed by atoms with van der Waals surface area (Å²) in [4.78, 5) is 19.6. The third-order valence-corrected chi connectivity index (χ3v) is 4.71. The molecule has 0 bridgehead atoms. The van der Waals surface area contributed by atoms with E-state index in [0.717, 1.165) is 28.5 Å². The van der Waals surface area contributed by atoms with Gasteiger partial charge >= 0.3 is 6.09 Å². The number of fused-ring (bicyclic) bond motifs is 2. The molecule has 1 amide bonds. The second-order valence-corrected chi connectivity index (χ2v) is 6.46. The van der Waals surface area contributed by atoms with Crippen molar-refractivity contribution in [1.82, 2.24) is 9.80 Å². The van der Waals surface area contributed by atoms with Crippen LogP contribution in [0.1, 0.15) is 5.56 Å². The first kappa shape index (κ1) is 15.8. The number of carboxylic acid groups (broad SMARTS) is 1. The number of carbonyl (C=O) groups is 1. The number of hydrogen-bond acceptors (Lipinski definition) is 4. The van der Waals surface area contributed by atoms with Crippen molar-refractivity contribution < 1.29 is 9.90 Å². The van der Waals surface area contributed by atoms with Gasteiger partial charge in [-0.05, 0) is 30.3 Å². The minimum atomic E-state index is -0.873. The summed E-state index contributed by atoms with van der Waals surface area (Å²) >= 11 is 6.15. The Labute approximate surface area is 150 Å². The lowest BCUT2D eigenvalue weighted by atomic mass is 10.1. The molecule has 6 nitrogen and oxygen atoms in total. The van der Waals surface area contributed by atoms with Gasteiger partial charge in [0.25, 0.3) is 0 Å². The van der Waals surface area contributed by atoms with Gasteiger partial charge in [0.1, 0.15) is 5.84 Å². The summed E-state index contributed by atoms with van der Waals surface area (Å²) in [5.41, 5.74) is 3.65. The number of rotatable bonds is 0. The Hall–Kier alpha value is -2.73. The van der Waals surface area contributed by atoms with Crippen LogP contribution in [0.2, 0.25) is 5.02 Å². The highest BCUT2D eigenvalue weighted by Gasteiger charge is 2.26. The van der Waals surface area contributed by atoms with Crippen LogP contribution in [0.5, 0.6) is 0 Å². The number of benzene rings is 2. The van der Waals surface area contributed by atoms with Gasteiger partial charge in [-0.1, -0.05) is 23.7 Å². The van der Waals surface area contributed by atoms with E-state index in [1.54, 1.807) is 0 Å². The zero-order valence-electron chi connectivity index (χ0n) is 13.4. The van der Waals surface area contributed by atoms with E-state index < -0.39 is 6.09 Å². The fraction of sp³-hybridized carbons (Fsp3) is 0.222. The van der Waals surface area contributed by atoms with Crippen LogP contribution in [0.4, 0.5) is 21.9 Å². The number of piperazine rings is 1. The molecule has 0 aliphatic carbocycles. The predicted octanol–water partition coefficient (Wildman–Crippen LogP) is 3.77. The molecule has 2 aromatic carbocycles. The van der Waals surface area contributed by atoms with Gasteiger partial charge in [-0.3, -0.25) is 0 Å². The normalized spacial score (nSPS) is 16.3. The number of nitrogens with one attached hydrogen (secondary N) is 1. The lowest BCUT2D eigenvalue weighted by Crippen LogP contribution is -2.50. The summed E-state index contributed by atoms with van der Waals surface area (Å²) in [6, 6.07) is 13.6. The second-order valence-electron chi connectivity index (χ2n) is 6.02. The number of amides is 1. The molecule has 0 radical (unpaired) electrons. The molecule has 0 spiro atoms. The maximum absolute atomic E-state index is 11.1. The smallest absolute Gasteiger partial charge is 0.407 e. The van der Waals surface area contributed by atoms with Crippen LogP contribution in [0.25, 0.3) is 0 Å². The predicted molar refractivity (Wildman–Crippen MR) is 98.5 cm³/mol. The number of para-hydroxylation sites is 1. The van der Waals surface area contributed by atoms with Gasteiger partial charge in [0.15, 0.2) is 0 Å². The Morgan fingerprint density at radius 2 is 1.84 bits per heavy atom. The third-order valence-electron chi connectivity index (χ3n) is 4.47. The molecule has 1 fully saturated rings. The summed E-state index contributed by atoms with van der Waals surface area (Å²) in [6.45, 7) is 2.14. The number of halogens is 1. The van der Waals surface area contributed by atoms with Crippen molar-refractivity contribution in [3.63, 3.8) is 0 Å². The zero-order valence-corrected chi connectivity index (χ0v) is 14.2. The van der Waals surface area contributed by atoms with Gasteiger partial charge in [0, 0.05) is 42.5 Å². The van der Waals surface area contributed by atoms with Crippen molar-refractivity contribution in [2.75, 3.05) is 31.5 Å². The monoisotopic (exact) mass is 356 g/mol. The van der Waals surface area contributed by atoms with Gasteiger partial charge in [-0.15, -0.1) is 0 Å². The van der Waals surface area contributed by atoms with Crippen molar-refractivity contribution >= 4 is 40.6 Å². The highest BCUT2D eigenvalue weighted by atomic mass is 35.5. The molecular weight excluding hydrogens is 340 g/mol. The Kier molecular flexibility index (Phi) is 3.97. The van der Waals surface area contributed by atoms with Crippen LogP contribution in [0.15, 0.2) is 47.5 Å². The molecule has 2 aliphatic heterocycles. The molecule has 0 unspecified atom stereocenters. The minimum Gasteiger partial charge on any atom is -0.465 e. The van der Waals surface area contributed by atoms with Crippen molar-refractivity contribution in [1.29, 1.82) is 0 Å². The molecule has 2 aromatic rings. The maximum atomic E-state index is 11.1. The molecule has 2 N–H and O–H groups in total. The molecule has 0 aromatic heterocycles. The molecule has 0 atom stereocenters. The van der Waals surface area contributed by atoms with Gasteiger partial charge in [-0.2, -0.15) is 0 Å². The molecule has 7 heteroatoms. The van der Waals surface area contributed by atoms with Crippen LogP contribution in [0, 0.1) is 0 Å². The highest BCUT2D eigenvalue weighted by molar-refractivity contribution is 6.31. The van der Waals surface area contributed by atoms with Crippen LogP contribution in [-0.4, -0.2) is 53.0 Å². The van der Waals surface area contributed by atoms with Gasteiger partial charge < -0.3 is 20.2 Å². The minimum absolute atomic E-state index is 0.465. The Morgan fingerprint density at radius 3 is 2.60 bits per heavy atom. The number of hydrogen-bond donors (Lipinski definition) is 2. The molecule has 25 heavy (non-hydrogen) atoms. The van der Waals surface area contributed by atoms with Crippen LogP contribution >= 0.6 is 11.6 Å². The third kappa shape index (κ3) is 3.00. The number of amidine groups is 1. The van der Waals surface area contributed by atoms with E-state index in [1.807, 2.05) is 42.5 Å². The average Bonchev–Trinajstić information content (AvgIpc) is 2.78. The Morgan fingerprint density at radius 1 is 1.08 bits per heavy atom. The topological polar surface area (TPSA) is 68.2 Å². The summed E-state index contributed by atoms with van der Waals surface area (Å²) in [6.07, 6.45) is -0.873. The van der Waals surface area contributed by atoms with Crippen LogP contribution < -0.4 is 5.32 Å². The van der Waals surface area contributed by atoms with Gasteiger partial charge in [0.2, 0.25) is 0 Å². The summed E-state index contributed by atoms with van der Waals surface area (Å²) in [5, 5.41) is 13.2. The first-order valence-corrected chi connectivity index (χ1v) is 8.47. The first-order chi connectivity index (χ1) is 12.1. The van der Waals surface area contributed by atoms with Crippen molar-refractivity contribution in [2.45, 2.75) is 0 Å². The average molecular weight is 357 g/mol. The zero-order chi connectivity index (χ0) is 17.4. The first-order valence-electron chi connectivity index (χ1n) is 8.09. The summed E-state index contributed by atoms with van der Waals surface area (Å²) in [5.74, 6) is 0.842. The summed E-state index contributed by atoms with van der Waals surface area (Å²) < 4.78 is 0. The van der Waals surface area contributed by atoms with E-state index in [1.165, 1.54) is 4.90 Å². The van der Waals surface area contributed by atoms with E-state index in [2.05, 4.69) is 10.2 Å². The molecular formula is C18H17ClN4O2. The van der Waals surface area contributed by atoms with Crippen molar-refractivity contribution in [2.24, 2.45) is 4.99 Å². The fourth-order valence-electron chi connectivity index (χ4n) is 3.16. The molecule has 2 aliphatic rings. The van der Waals surface area contributed by atoms with Gasteiger partial charge in [-0.25, -0.2) is 9.79 Å². The van der Waals surface area contributed by atoms with E-state index >= 15 is 0 Å².